The molecule has 0 saturated carbocycles. The van der Waals surface area contributed by atoms with E-state index < -0.39 is 5.60 Å². The summed E-state index contributed by atoms with van der Waals surface area (Å²) in [5, 5.41) is 14.1. The molecule has 5 nitrogen and oxygen atoms in total. The van der Waals surface area contributed by atoms with Crippen LogP contribution in [-0.4, -0.2) is 44.4 Å². The molecule has 0 unspecified atom stereocenters. The normalized spacial score (nSPS) is 11.7. The lowest BCUT2D eigenvalue weighted by atomic mass is 10.1. The van der Waals surface area contributed by atoms with Gasteiger partial charge in [0.05, 0.1) is 11.3 Å². The van der Waals surface area contributed by atoms with Gasteiger partial charge < -0.3 is 10.0 Å². The zero-order valence-corrected chi connectivity index (χ0v) is 12.6. The number of carbonyl (C=O) groups excluding carboxylic acids is 1. The van der Waals surface area contributed by atoms with Gasteiger partial charge in [0, 0.05) is 31.7 Å². The van der Waals surface area contributed by atoms with Crippen LogP contribution in [0.25, 0.3) is 0 Å². The quantitative estimate of drug-likeness (QED) is 0.850. The van der Waals surface area contributed by atoms with Crippen molar-refractivity contribution in [2.45, 2.75) is 53.2 Å². The van der Waals surface area contributed by atoms with Crippen LogP contribution in [0.1, 0.15) is 38.6 Å². The van der Waals surface area contributed by atoms with Crippen LogP contribution < -0.4 is 0 Å². The van der Waals surface area contributed by atoms with E-state index in [1.807, 2.05) is 31.5 Å². The van der Waals surface area contributed by atoms with E-state index in [4.69, 9.17) is 0 Å². The molecule has 0 aliphatic rings. The summed E-state index contributed by atoms with van der Waals surface area (Å²) in [6.07, 6.45) is 0.409. The Morgan fingerprint density at radius 2 is 2.11 bits per heavy atom. The minimum atomic E-state index is -0.857. The van der Waals surface area contributed by atoms with Crippen molar-refractivity contribution in [2.75, 3.05) is 13.1 Å². The zero-order chi connectivity index (χ0) is 14.6. The van der Waals surface area contributed by atoms with Gasteiger partial charge >= 0.3 is 0 Å². The van der Waals surface area contributed by atoms with Crippen molar-refractivity contribution in [3.05, 3.63) is 17.5 Å². The van der Waals surface area contributed by atoms with Crippen molar-refractivity contribution >= 4 is 5.91 Å². The van der Waals surface area contributed by atoms with E-state index in [1.54, 1.807) is 18.7 Å². The summed E-state index contributed by atoms with van der Waals surface area (Å²) < 4.78 is 1.85. The van der Waals surface area contributed by atoms with Crippen molar-refractivity contribution < 1.29 is 9.90 Å². The number of amides is 1. The lowest BCUT2D eigenvalue weighted by Gasteiger charge is -2.28. The van der Waals surface area contributed by atoms with Crippen LogP contribution in [0.2, 0.25) is 0 Å². The summed E-state index contributed by atoms with van der Waals surface area (Å²) in [6.45, 7) is 10.8. The van der Waals surface area contributed by atoms with E-state index in [0.29, 0.717) is 26.1 Å². The summed E-state index contributed by atoms with van der Waals surface area (Å²) in [7, 11) is 0. The summed E-state index contributed by atoms with van der Waals surface area (Å²) in [6, 6.07) is 2.00. The highest BCUT2D eigenvalue weighted by atomic mass is 16.3. The Hall–Kier alpha value is -1.36. The first kappa shape index (κ1) is 15.7. The van der Waals surface area contributed by atoms with Gasteiger partial charge in [-0.2, -0.15) is 5.10 Å². The molecular weight excluding hydrogens is 242 g/mol. The van der Waals surface area contributed by atoms with E-state index in [2.05, 4.69) is 5.10 Å². The second-order valence-corrected chi connectivity index (χ2v) is 5.62. The molecule has 0 fully saturated rings. The van der Waals surface area contributed by atoms with E-state index in [1.165, 1.54) is 0 Å². The fourth-order valence-electron chi connectivity index (χ4n) is 2.10. The fourth-order valence-corrected chi connectivity index (χ4v) is 2.10. The molecular formula is C14H25N3O2. The molecule has 0 spiro atoms. The number of hydrogen-bond donors (Lipinski definition) is 1. The summed E-state index contributed by atoms with van der Waals surface area (Å²) in [5.41, 5.74) is 1.17. The Balaban J connectivity index is 2.56. The molecule has 1 heterocycles. The van der Waals surface area contributed by atoms with Crippen molar-refractivity contribution in [1.29, 1.82) is 0 Å². The van der Waals surface area contributed by atoms with Crippen LogP contribution in [0, 0.1) is 13.8 Å². The molecule has 1 N–H and O–H groups in total. The van der Waals surface area contributed by atoms with Gasteiger partial charge in [-0.1, -0.05) is 0 Å². The van der Waals surface area contributed by atoms with Crippen molar-refractivity contribution in [1.82, 2.24) is 14.7 Å². The molecule has 0 aliphatic carbocycles. The third-order valence-electron chi connectivity index (χ3n) is 2.95. The van der Waals surface area contributed by atoms with Crippen molar-refractivity contribution in [3.8, 4) is 0 Å². The van der Waals surface area contributed by atoms with Crippen LogP contribution in [-0.2, 0) is 11.3 Å². The summed E-state index contributed by atoms with van der Waals surface area (Å²) in [4.78, 5) is 13.8. The van der Waals surface area contributed by atoms with Gasteiger partial charge in [-0.15, -0.1) is 0 Å². The number of aliphatic hydroxyl groups is 1. The SMILES string of the molecule is CCN(CC(C)(C)O)C(=O)CCn1nc(C)cc1C. The highest BCUT2D eigenvalue weighted by Crippen LogP contribution is 2.08. The second kappa shape index (κ2) is 6.19. The van der Waals surface area contributed by atoms with Gasteiger partial charge in [0.25, 0.3) is 0 Å². The number of aryl methyl sites for hydroxylation is 3. The van der Waals surface area contributed by atoms with Gasteiger partial charge in [0.1, 0.15) is 0 Å². The van der Waals surface area contributed by atoms with Gasteiger partial charge in [0.15, 0.2) is 0 Å². The minimum Gasteiger partial charge on any atom is -0.389 e. The van der Waals surface area contributed by atoms with Gasteiger partial charge in [-0.3, -0.25) is 9.48 Å². The van der Waals surface area contributed by atoms with E-state index >= 15 is 0 Å². The van der Waals surface area contributed by atoms with E-state index in [0.717, 1.165) is 11.4 Å². The molecule has 1 aromatic heterocycles. The van der Waals surface area contributed by atoms with Gasteiger partial charge in [0.2, 0.25) is 5.91 Å². The topological polar surface area (TPSA) is 58.4 Å². The lowest BCUT2D eigenvalue weighted by Crippen LogP contribution is -2.42. The standard InChI is InChI=1S/C14H25N3O2/c1-6-16(10-14(4,5)19)13(18)7-8-17-12(3)9-11(2)15-17/h9,19H,6-8,10H2,1-5H3. The van der Waals surface area contributed by atoms with E-state index in [9.17, 15) is 9.90 Å². The van der Waals surface area contributed by atoms with Crippen LogP contribution in [0.3, 0.4) is 0 Å². The second-order valence-electron chi connectivity index (χ2n) is 5.62. The maximum atomic E-state index is 12.1. The molecule has 0 saturated heterocycles. The van der Waals surface area contributed by atoms with Crippen LogP contribution in [0.15, 0.2) is 6.07 Å². The first-order valence-electron chi connectivity index (χ1n) is 6.74. The largest absolute Gasteiger partial charge is 0.389 e. The maximum Gasteiger partial charge on any atom is 0.224 e. The van der Waals surface area contributed by atoms with E-state index in [-0.39, 0.29) is 5.91 Å². The first-order valence-corrected chi connectivity index (χ1v) is 6.74. The molecule has 0 radical (unpaired) electrons. The Morgan fingerprint density at radius 1 is 1.47 bits per heavy atom. The smallest absolute Gasteiger partial charge is 0.224 e. The number of nitrogens with zero attached hydrogens (tertiary/aromatic N) is 3. The van der Waals surface area contributed by atoms with Crippen LogP contribution >= 0.6 is 0 Å². The predicted molar refractivity (Wildman–Crippen MR) is 74.9 cm³/mol. The van der Waals surface area contributed by atoms with Gasteiger partial charge in [-0.05, 0) is 40.7 Å². The Labute approximate surface area is 115 Å². The predicted octanol–water partition coefficient (Wildman–Crippen LogP) is 1.51. The lowest BCUT2D eigenvalue weighted by molar-refractivity contribution is -0.134. The Kier molecular flexibility index (Phi) is 5.11. The Morgan fingerprint density at radius 3 is 2.53 bits per heavy atom. The third-order valence-corrected chi connectivity index (χ3v) is 2.95. The first-order chi connectivity index (χ1) is 8.73. The molecule has 5 heteroatoms. The van der Waals surface area contributed by atoms with Crippen LogP contribution in [0.5, 0.6) is 0 Å². The highest BCUT2D eigenvalue weighted by Gasteiger charge is 2.21. The molecule has 108 valence electrons. The maximum absolute atomic E-state index is 12.1. The molecule has 0 atom stereocenters. The number of hydrogen-bond acceptors (Lipinski definition) is 3. The zero-order valence-electron chi connectivity index (χ0n) is 12.6. The molecule has 0 aliphatic heterocycles. The summed E-state index contributed by atoms with van der Waals surface area (Å²) in [5.74, 6) is 0.0529. The number of rotatable bonds is 6. The number of aromatic nitrogens is 2. The Bertz CT molecular complexity index is 432. The molecule has 1 aromatic rings. The third kappa shape index (κ3) is 5.03. The monoisotopic (exact) mass is 267 g/mol. The fraction of sp³-hybridized carbons (Fsp3) is 0.714. The van der Waals surface area contributed by atoms with Crippen LogP contribution in [0.4, 0.5) is 0 Å². The highest BCUT2D eigenvalue weighted by molar-refractivity contribution is 5.76. The molecule has 0 aromatic carbocycles. The van der Waals surface area contributed by atoms with Crippen molar-refractivity contribution in [3.63, 3.8) is 0 Å². The minimum absolute atomic E-state index is 0.0529. The average molecular weight is 267 g/mol. The summed E-state index contributed by atoms with van der Waals surface area (Å²) >= 11 is 0. The van der Waals surface area contributed by atoms with Crippen molar-refractivity contribution in [2.24, 2.45) is 0 Å². The molecule has 1 amide bonds. The molecule has 1 rings (SSSR count). The number of carbonyl (C=O) groups is 1. The average Bonchev–Trinajstić information content (AvgIpc) is 2.60. The molecule has 19 heavy (non-hydrogen) atoms. The van der Waals surface area contributed by atoms with Gasteiger partial charge in [-0.25, -0.2) is 0 Å². The number of likely N-dealkylation sites (N-methyl/N-ethyl adjacent to an activating group) is 1. The molecule has 0 bridgehead atoms.